The third kappa shape index (κ3) is 2.77. The third-order valence-electron chi connectivity index (χ3n) is 2.04. The number of primary amides is 1. The maximum absolute atomic E-state index is 10.6. The highest BCUT2D eigenvalue weighted by Gasteiger charge is 2.09. The summed E-state index contributed by atoms with van der Waals surface area (Å²) in [4.78, 5) is 14.8. The molecule has 1 aromatic heterocycles. The smallest absolute Gasteiger partial charge is 0.227 e. The third-order valence-corrected chi connectivity index (χ3v) is 3.05. The first-order valence-corrected chi connectivity index (χ1v) is 5.57. The van der Waals surface area contributed by atoms with Crippen molar-refractivity contribution in [1.29, 1.82) is 0 Å². The fourth-order valence-corrected chi connectivity index (χ4v) is 1.88. The largest absolute Gasteiger partial charge is 0.369 e. The first-order chi connectivity index (χ1) is 6.65. The van der Waals surface area contributed by atoms with E-state index in [0.717, 1.165) is 11.6 Å². The van der Waals surface area contributed by atoms with Gasteiger partial charge in [0.25, 0.3) is 0 Å². The summed E-state index contributed by atoms with van der Waals surface area (Å²) in [6, 6.07) is 0.410. The highest BCUT2D eigenvalue weighted by Crippen LogP contribution is 2.21. The number of rotatable bonds is 5. The molecular weight excluding hydrogens is 198 g/mol. The molecule has 1 atom stereocenters. The quantitative estimate of drug-likeness (QED) is 0.753. The SMILES string of the molecule is CCC(C)n1ccnc1SCC(N)=O. The zero-order valence-electron chi connectivity index (χ0n) is 8.43. The fraction of sp³-hybridized carbons (Fsp3) is 0.556. The van der Waals surface area contributed by atoms with Crippen molar-refractivity contribution in [3.63, 3.8) is 0 Å². The molecule has 0 aliphatic heterocycles. The van der Waals surface area contributed by atoms with Gasteiger partial charge in [-0.2, -0.15) is 0 Å². The maximum Gasteiger partial charge on any atom is 0.227 e. The maximum atomic E-state index is 10.6. The van der Waals surface area contributed by atoms with Gasteiger partial charge in [-0.05, 0) is 13.3 Å². The molecule has 2 N–H and O–H groups in total. The van der Waals surface area contributed by atoms with Crippen LogP contribution in [0.3, 0.4) is 0 Å². The van der Waals surface area contributed by atoms with Gasteiger partial charge in [-0.15, -0.1) is 0 Å². The summed E-state index contributed by atoms with van der Waals surface area (Å²) in [5.41, 5.74) is 5.07. The lowest BCUT2D eigenvalue weighted by Crippen LogP contribution is -2.14. The molecule has 0 saturated heterocycles. The molecule has 0 saturated carbocycles. The second-order valence-electron chi connectivity index (χ2n) is 3.13. The van der Waals surface area contributed by atoms with Crippen LogP contribution in [0.2, 0.25) is 0 Å². The Morgan fingerprint density at radius 1 is 1.79 bits per heavy atom. The van der Waals surface area contributed by atoms with E-state index in [9.17, 15) is 4.79 Å². The second-order valence-corrected chi connectivity index (χ2v) is 4.07. The van der Waals surface area contributed by atoms with Crippen LogP contribution in [0.25, 0.3) is 0 Å². The van der Waals surface area contributed by atoms with E-state index in [1.807, 2.05) is 6.20 Å². The zero-order chi connectivity index (χ0) is 10.6. The minimum absolute atomic E-state index is 0.285. The van der Waals surface area contributed by atoms with Gasteiger partial charge < -0.3 is 10.3 Å². The average Bonchev–Trinajstić information content (AvgIpc) is 2.61. The van der Waals surface area contributed by atoms with Crippen molar-refractivity contribution >= 4 is 17.7 Å². The van der Waals surface area contributed by atoms with E-state index in [1.165, 1.54) is 11.8 Å². The first-order valence-electron chi connectivity index (χ1n) is 4.59. The van der Waals surface area contributed by atoms with Crippen molar-refractivity contribution in [3.8, 4) is 0 Å². The zero-order valence-corrected chi connectivity index (χ0v) is 9.25. The molecule has 0 spiro atoms. The molecule has 1 rings (SSSR count). The summed E-state index contributed by atoms with van der Waals surface area (Å²) in [6.45, 7) is 4.24. The van der Waals surface area contributed by atoms with Gasteiger partial charge in [0.1, 0.15) is 0 Å². The molecule has 1 amide bonds. The molecular formula is C9H15N3OS. The van der Waals surface area contributed by atoms with Gasteiger partial charge in [0, 0.05) is 18.4 Å². The molecule has 14 heavy (non-hydrogen) atoms. The molecule has 1 unspecified atom stereocenters. The van der Waals surface area contributed by atoms with Crippen LogP contribution in [-0.2, 0) is 4.79 Å². The van der Waals surface area contributed by atoms with Crippen LogP contribution in [0.5, 0.6) is 0 Å². The Labute approximate surface area is 87.9 Å². The van der Waals surface area contributed by atoms with Gasteiger partial charge in [0.05, 0.1) is 5.75 Å². The molecule has 0 aliphatic rings. The Bertz CT molecular complexity index is 311. The van der Waals surface area contributed by atoms with E-state index in [2.05, 4.69) is 23.4 Å². The van der Waals surface area contributed by atoms with Gasteiger partial charge in [-0.1, -0.05) is 18.7 Å². The van der Waals surface area contributed by atoms with Gasteiger partial charge in [-0.3, -0.25) is 4.79 Å². The minimum atomic E-state index is -0.311. The molecule has 1 heterocycles. The number of imidazole rings is 1. The van der Waals surface area contributed by atoms with Crippen LogP contribution < -0.4 is 5.73 Å². The van der Waals surface area contributed by atoms with E-state index in [1.54, 1.807) is 6.20 Å². The summed E-state index contributed by atoms with van der Waals surface area (Å²) >= 11 is 1.38. The molecule has 0 radical (unpaired) electrons. The van der Waals surface area contributed by atoms with Crippen LogP contribution in [0.4, 0.5) is 0 Å². The van der Waals surface area contributed by atoms with E-state index < -0.39 is 0 Å². The highest BCUT2D eigenvalue weighted by atomic mass is 32.2. The summed E-state index contributed by atoms with van der Waals surface area (Å²) in [7, 11) is 0. The second kappa shape index (κ2) is 5.05. The van der Waals surface area contributed by atoms with E-state index in [0.29, 0.717) is 6.04 Å². The number of hydrogen-bond donors (Lipinski definition) is 1. The van der Waals surface area contributed by atoms with Crippen LogP contribution in [0.1, 0.15) is 26.3 Å². The number of aromatic nitrogens is 2. The molecule has 0 aliphatic carbocycles. The summed E-state index contributed by atoms with van der Waals surface area (Å²) in [5.74, 6) is -0.0262. The van der Waals surface area contributed by atoms with E-state index in [-0.39, 0.29) is 11.7 Å². The van der Waals surface area contributed by atoms with Crippen LogP contribution in [-0.4, -0.2) is 21.2 Å². The molecule has 5 heteroatoms. The van der Waals surface area contributed by atoms with Crippen molar-refractivity contribution in [1.82, 2.24) is 9.55 Å². The Balaban J connectivity index is 2.67. The Morgan fingerprint density at radius 3 is 3.07 bits per heavy atom. The standard InChI is InChI=1S/C9H15N3OS/c1-3-7(2)12-5-4-11-9(12)14-6-8(10)13/h4-5,7H,3,6H2,1-2H3,(H2,10,13). The summed E-state index contributed by atoms with van der Waals surface area (Å²) in [6.07, 6.45) is 4.72. The van der Waals surface area contributed by atoms with Crippen molar-refractivity contribution in [2.24, 2.45) is 5.73 Å². The van der Waals surface area contributed by atoms with Crippen LogP contribution in [0, 0.1) is 0 Å². The Hall–Kier alpha value is -0.970. The molecule has 4 nitrogen and oxygen atoms in total. The van der Waals surface area contributed by atoms with Crippen molar-refractivity contribution in [3.05, 3.63) is 12.4 Å². The molecule has 0 aromatic carbocycles. The van der Waals surface area contributed by atoms with Gasteiger partial charge in [0.2, 0.25) is 5.91 Å². The number of hydrogen-bond acceptors (Lipinski definition) is 3. The topological polar surface area (TPSA) is 60.9 Å². The molecule has 1 aromatic rings. The van der Waals surface area contributed by atoms with Gasteiger partial charge in [-0.25, -0.2) is 4.98 Å². The van der Waals surface area contributed by atoms with Crippen molar-refractivity contribution in [2.45, 2.75) is 31.5 Å². The predicted molar refractivity (Wildman–Crippen MR) is 57.1 cm³/mol. The fourth-order valence-electron chi connectivity index (χ4n) is 1.08. The lowest BCUT2D eigenvalue weighted by Gasteiger charge is -2.13. The Morgan fingerprint density at radius 2 is 2.50 bits per heavy atom. The average molecular weight is 213 g/mol. The lowest BCUT2D eigenvalue weighted by atomic mass is 10.3. The Kier molecular flexibility index (Phi) is 4.00. The van der Waals surface area contributed by atoms with Crippen LogP contribution in [0.15, 0.2) is 17.6 Å². The number of carbonyl (C=O) groups is 1. The predicted octanol–water partition coefficient (Wildman–Crippen LogP) is 1.43. The van der Waals surface area contributed by atoms with E-state index in [4.69, 9.17) is 5.73 Å². The van der Waals surface area contributed by atoms with E-state index >= 15 is 0 Å². The lowest BCUT2D eigenvalue weighted by molar-refractivity contribution is -0.115. The van der Waals surface area contributed by atoms with Crippen LogP contribution >= 0.6 is 11.8 Å². The number of amides is 1. The summed E-state index contributed by atoms with van der Waals surface area (Å²) < 4.78 is 2.06. The molecule has 78 valence electrons. The monoisotopic (exact) mass is 213 g/mol. The minimum Gasteiger partial charge on any atom is -0.369 e. The van der Waals surface area contributed by atoms with Crippen molar-refractivity contribution in [2.75, 3.05) is 5.75 Å². The number of thioether (sulfide) groups is 1. The normalized spacial score (nSPS) is 12.7. The number of nitrogens with two attached hydrogens (primary N) is 1. The number of carbonyl (C=O) groups excluding carboxylic acids is 1. The molecule has 0 fully saturated rings. The van der Waals surface area contributed by atoms with Crippen molar-refractivity contribution < 1.29 is 4.79 Å². The first kappa shape index (κ1) is 11.1. The highest BCUT2D eigenvalue weighted by molar-refractivity contribution is 7.99. The molecule has 0 bridgehead atoms. The van der Waals surface area contributed by atoms with Gasteiger partial charge in [0.15, 0.2) is 5.16 Å². The number of nitrogens with zero attached hydrogens (tertiary/aromatic N) is 2. The summed E-state index contributed by atoms with van der Waals surface area (Å²) in [5, 5.41) is 0.859. The van der Waals surface area contributed by atoms with Gasteiger partial charge >= 0.3 is 0 Å².